The zero-order valence-electron chi connectivity index (χ0n) is 17.1. The molecular weight excluding hydrogens is 338 g/mol. The fourth-order valence-electron chi connectivity index (χ4n) is 3.70. The number of carbonyl (C=O) groups is 1. The highest BCUT2D eigenvalue weighted by Gasteiger charge is 2.49. The molecule has 1 saturated carbocycles. The van der Waals surface area contributed by atoms with Crippen molar-refractivity contribution < 1.29 is 14.6 Å². The molecule has 2 rings (SSSR count). The van der Waals surface area contributed by atoms with Crippen molar-refractivity contribution in [3.63, 3.8) is 0 Å². The largest absolute Gasteiger partial charge is 0.444 e. The molecule has 0 aromatic heterocycles. The topological polar surface area (TPSA) is 49.8 Å². The SMILES string of the molecule is CCN(CC)CC#CC(C)(C)OC(=O)C(O)(c1ccccc1)C1CCCC1. The molecule has 1 aliphatic rings. The summed E-state index contributed by atoms with van der Waals surface area (Å²) < 4.78 is 5.74. The van der Waals surface area contributed by atoms with E-state index in [9.17, 15) is 9.90 Å². The third-order valence-electron chi connectivity index (χ3n) is 5.41. The van der Waals surface area contributed by atoms with Gasteiger partial charge < -0.3 is 9.84 Å². The quantitative estimate of drug-likeness (QED) is 0.586. The molecule has 0 heterocycles. The van der Waals surface area contributed by atoms with E-state index >= 15 is 0 Å². The Morgan fingerprint density at radius 3 is 2.33 bits per heavy atom. The maximum absolute atomic E-state index is 13.1. The highest BCUT2D eigenvalue weighted by molar-refractivity contribution is 5.82. The second kappa shape index (κ2) is 9.39. The van der Waals surface area contributed by atoms with Crippen LogP contribution in [-0.4, -0.2) is 41.2 Å². The summed E-state index contributed by atoms with van der Waals surface area (Å²) in [5, 5.41) is 11.5. The molecule has 1 aromatic carbocycles. The maximum Gasteiger partial charge on any atom is 0.344 e. The fourth-order valence-corrected chi connectivity index (χ4v) is 3.70. The minimum Gasteiger partial charge on any atom is -0.444 e. The van der Waals surface area contributed by atoms with E-state index in [0.717, 1.165) is 38.8 Å². The van der Waals surface area contributed by atoms with Crippen LogP contribution >= 0.6 is 0 Å². The molecule has 1 fully saturated rings. The molecule has 0 amide bonds. The number of nitrogens with zero attached hydrogens (tertiary/aromatic N) is 1. The van der Waals surface area contributed by atoms with E-state index in [0.29, 0.717) is 12.1 Å². The Bertz CT molecular complexity index is 664. The van der Waals surface area contributed by atoms with E-state index in [4.69, 9.17) is 4.74 Å². The average molecular weight is 372 g/mol. The maximum atomic E-state index is 13.1. The van der Waals surface area contributed by atoms with Gasteiger partial charge in [0.25, 0.3) is 0 Å². The van der Waals surface area contributed by atoms with Gasteiger partial charge in [-0.25, -0.2) is 4.79 Å². The average Bonchev–Trinajstić information content (AvgIpc) is 3.20. The van der Waals surface area contributed by atoms with Gasteiger partial charge in [-0.2, -0.15) is 0 Å². The molecule has 0 spiro atoms. The third kappa shape index (κ3) is 5.34. The van der Waals surface area contributed by atoms with Crippen LogP contribution in [0.4, 0.5) is 0 Å². The zero-order valence-corrected chi connectivity index (χ0v) is 17.1. The standard InChI is InChI=1S/C23H33NO3/c1-5-24(6-2)18-12-17-22(3,4)27-21(25)23(26,20-15-10-11-16-20)19-13-8-7-9-14-19/h7-9,13-14,20,26H,5-6,10-11,15-16,18H2,1-4H3. The van der Waals surface area contributed by atoms with Gasteiger partial charge in [0.05, 0.1) is 6.54 Å². The minimum absolute atomic E-state index is 0.119. The van der Waals surface area contributed by atoms with E-state index in [1.54, 1.807) is 26.0 Å². The highest BCUT2D eigenvalue weighted by atomic mass is 16.6. The Balaban J connectivity index is 2.19. The number of hydrogen-bond donors (Lipinski definition) is 1. The number of ether oxygens (including phenoxy) is 1. The molecule has 0 aliphatic heterocycles. The molecular formula is C23H33NO3. The number of aliphatic hydroxyl groups is 1. The number of carbonyl (C=O) groups excluding carboxylic acids is 1. The first-order valence-corrected chi connectivity index (χ1v) is 10.1. The summed E-state index contributed by atoms with van der Waals surface area (Å²) in [4.78, 5) is 15.3. The Labute approximate surface area is 163 Å². The Morgan fingerprint density at radius 2 is 1.78 bits per heavy atom. The van der Waals surface area contributed by atoms with Crippen molar-refractivity contribution in [3.8, 4) is 11.8 Å². The van der Waals surface area contributed by atoms with Crippen LogP contribution in [0.15, 0.2) is 30.3 Å². The molecule has 1 atom stereocenters. The van der Waals surface area contributed by atoms with Gasteiger partial charge >= 0.3 is 5.97 Å². The summed E-state index contributed by atoms with van der Waals surface area (Å²) >= 11 is 0. The van der Waals surface area contributed by atoms with E-state index in [1.807, 2.05) is 18.2 Å². The molecule has 1 N–H and O–H groups in total. The summed E-state index contributed by atoms with van der Waals surface area (Å²) in [6.45, 7) is 10.2. The van der Waals surface area contributed by atoms with Crippen molar-refractivity contribution in [2.24, 2.45) is 5.92 Å². The number of esters is 1. The second-order valence-electron chi connectivity index (χ2n) is 7.78. The molecule has 1 aliphatic carbocycles. The van der Waals surface area contributed by atoms with Crippen molar-refractivity contribution in [1.82, 2.24) is 4.90 Å². The lowest BCUT2D eigenvalue weighted by Gasteiger charge is -2.34. The summed E-state index contributed by atoms with van der Waals surface area (Å²) in [5.74, 6) is 5.45. The first-order chi connectivity index (χ1) is 12.8. The van der Waals surface area contributed by atoms with E-state index in [2.05, 4.69) is 30.6 Å². The van der Waals surface area contributed by atoms with Gasteiger partial charge in [-0.1, -0.05) is 68.9 Å². The van der Waals surface area contributed by atoms with Gasteiger partial charge in [-0.3, -0.25) is 4.90 Å². The Morgan fingerprint density at radius 1 is 1.19 bits per heavy atom. The van der Waals surface area contributed by atoms with Crippen LogP contribution in [0, 0.1) is 17.8 Å². The van der Waals surface area contributed by atoms with Gasteiger partial charge in [0.2, 0.25) is 0 Å². The predicted octanol–water partition coefficient (Wildman–Crippen LogP) is 3.73. The van der Waals surface area contributed by atoms with Gasteiger partial charge in [0.15, 0.2) is 11.2 Å². The lowest BCUT2D eigenvalue weighted by atomic mass is 9.80. The normalized spacial score (nSPS) is 17.3. The number of benzene rings is 1. The van der Waals surface area contributed by atoms with Crippen LogP contribution in [-0.2, 0) is 15.1 Å². The van der Waals surface area contributed by atoms with Crippen LogP contribution in [0.5, 0.6) is 0 Å². The van der Waals surface area contributed by atoms with Gasteiger partial charge in [-0.05, 0) is 45.3 Å². The summed E-state index contributed by atoms with van der Waals surface area (Å²) in [7, 11) is 0. The van der Waals surface area contributed by atoms with E-state index < -0.39 is 17.2 Å². The summed E-state index contributed by atoms with van der Waals surface area (Å²) in [5.41, 5.74) is -1.96. The minimum atomic E-state index is -1.62. The van der Waals surface area contributed by atoms with E-state index in [1.165, 1.54) is 0 Å². The molecule has 4 nitrogen and oxygen atoms in total. The molecule has 0 saturated heterocycles. The summed E-state index contributed by atoms with van der Waals surface area (Å²) in [6.07, 6.45) is 3.71. The molecule has 148 valence electrons. The van der Waals surface area contributed by atoms with Crippen LogP contribution in [0.1, 0.15) is 58.9 Å². The van der Waals surface area contributed by atoms with Crippen molar-refractivity contribution >= 4 is 5.97 Å². The predicted molar refractivity (Wildman–Crippen MR) is 108 cm³/mol. The van der Waals surface area contributed by atoms with Crippen molar-refractivity contribution in [3.05, 3.63) is 35.9 Å². The van der Waals surface area contributed by atoms with Gasteiger partial charge in [-0.15, -0.1) is 0 Å². The smallest absolute Gasteiger partial charge is 0.344 e. The third-order valence-corrected chi connectivity index (χ3v) is 5.41. The first kappa shape index (κ1) is 21.5. The summed E-state index contributed by atoms with van der Waals surface area (Å²) in [6, 6.07) is 9.18. The van der Waals surface area contributed by atoms with E-state index in [-0.39, 0.29) is 5.92 Å². The molecule has 1 aromatic rings. The van der Waals surface area contributed by atoms with Crippen LogP contribution in [0.25, 0.3) is 0 Å². The second-order valence-corrected chi connectivity index (χ2v) is 7.78. The monoisotopic (exact) mass is 371 g/mol. The molecule has 27 heavy (non-hydrogen) atoms. The highest BCUT2D eigenvalue weighted by Crippen LogP contribution is 2.42. The molecule has 1 unspecified atom stereocenters. The van der Waals surface area contributed by atoms with Crippen LogP contribution in [0.3, 0.4) is 0 Å². The van der Waals surface area contributed by atoms with Crippen molar-refractivity contribution in [2.45, 2.75) is 64.6 Å². The fraction of sp³-hybridized carbons (Fsp3) is 0.609. The van der Waals surface area contributed by atoms with Crippen LogP contribution in [0.2, 0.25) is 0 Å². The molecule has 0 bridgehead atoms. The van der Waals surface area contributed by atoms with Gasteiger partial charge in [0.1, 0.15) is 0 Å². The zero-order chi connectivity index (χ0) is 19.9. The van der Waals surface area contributed by atoms with Gasteiger partial charge in [0, 0.05) is 5.92 Å². The number of rotatable bonds is 7. The number of hydrogen-bond acceptors (Lipinski definition) is 4. The Hall–Kier alpha value is -1.83. The Kier molecular flexibility index (Phi) is 7.47. The van der Waals surface area contributed by atoms with Crippen molar-refractivity contribution in [2.75, 3.05) is 19.6 Å². The molecule has 0 radical (unpaired) electrons. The first-order valence-electron chi connectivity index (χ1n) is 10.1. The lowest BCUT2D eigenvalue weighted by molar-refractivity contribution is -0.182. The molecule has 4 heteroatoms. The van der Waals surface area contributed by atoms with Crippen molar-refractivity contribution in [1.29, 1.82) is 0 Å². The lowest BCUT2D eigenvalue weighted by Crippen LogP contribution is -2.46. The van der Waals surface area contributed by atoms with Crippen LogP contribution < -0.4 is 0 Å².